The molecule has 1 fully saturated rings. The Morgan fingerprint density at radius 3 is 3.00 bits per heavy atom. The summed E-state index contributed by atoms with van der Waals surface area (Å²) in [6.45, 7) is 4.73. The molecule has 1 unspecified atom stereocenters. The SMILES string of the molecule is CCC1(C)CC(=CC(=O)O)CCO1. The van der Waals surface area contributed by atoms with Crippen molar-refractivity contribution in [2.45, 2.75) is 38.7 Å². The van der Waals surface area contributed by atoms with Crippen LogP contribution in [0, 0.1) is 0 Å². The number of hydrogen-bond donors (Lipinski definition) is 1. The van der Waals surface area contributed by atoms with Crippen LogP contribution in [0.5, 0.6) is 0 Å². The van der Waals surface area contributed by atoms with Crippen LogP contribution in [0.25, 0.3) is 0 Å². The molecule has 1 heterocycles. The van der Waals surface area contributed by atoms with E-state index in [0.717, 1.165) is 24.8 Å². The summed E-state index contributed by atoms with van der Waals surface area (Å²) in [6.07, 6.45) is 3.73. The van der Waals surface area contributed by atoms with E-state index in [1.54, 1.807) is 0 Å². The van der Waals surface area contributed by atoms with Crippen LogP contribution in [0.15, 0.2) is 11.6 Å². The Morgan fingerprint density at radius 1 is 1.77 bits per heavy atom. The zero-order valence-corrected chi connectivity index (χ0v) is 8.17. The van der Waals surface area contributed by atoms with Gasteiger partial charge < -0.3 is 9.84 Å². The fourth-order valence-electron chi connectivity index (χ4n) is 1.57. The highest BCUT2D eigenvalue weighted by Gasteiger charge is 2.28. The lowest BCUT2D eigenvalue weighted by Crippen LogP contribution is -2.33. The number of rotatable bonds is 2. The lowest BCUT2D eigenvalue weighted by molar-refractivity contribution is -0.131. The topological polar surface area (TPSA) is 46.5 Å². The third kappa shape index (κ3) is 2.84. The van der Waals surface area contributed by atoms with Gasteiger partial charge in [0.05, 0.1) is 12.2 Å². The Kier molecular flexibility index (Phi) is 3.09. The van der Waals surface area contributed by atoms with Crippen LogP contribution in [0.3, 0.4) is 0 Å². The third-order valence-corrected chi connectivity index (χ3v) is 2.55. The van der Waals surface area contributed by atoms with Crippen LogP contribution in [0.1, 0.15) is 33.1 Å². The molecule has 0 aromatic carbocycles. The summed E-state index contributed by atoms with van der Waals surface area (Å²) in [5.74, 6) is -0.852. The minimum absolute atomic E-state index is 0.153. The highest BCUT2D eigenvalue weighted by Crippen LogP contribution is 2.30. The van der Waals surface area contributed by atoms with Crippen LogP contribution in [0.4, 0.5) is 0 Å². The van der Waals surface area contributed by atoms with Gasteiger partial charge in [-0.2, -0.15) is 0 Å². The summed E-state index contributed by atoms with van der Waals surface area (Å²) in [4.78, 5) is 10.4. The van der Waals surface area contributed by atoms with Gasteiger partial charge in [0.25, 0.3) is 0 Å². The van der Waals surface area contributed by atoms with Crippen LogP contribution in [-0.2, 0) is 9.53 Å². The maximum absolute atomic E-state index is 10.4. The van der Waals surface area contributed by atoms with Crippen LogP contribution >= 0.6 is 0 Å². The zero-order valence-electron chi connectivity index (χ0n) is 8.17. The Hall–Kier alpha value is -0.830. The molecule has 3 heteroatoms. The Balaban J connectivity index is 2.66. The van der Waals surface area contributed by atoms with Gasteiger partial charge in [-0.15, -0.1) is 0 Å². The number of carbonyl (C=O) groups is 1. The second-order valence-electron chi connectivity index (χ2n) is 3.72. The first-order valence-electron chi connectivity index (χ1n) is 4.62. The molecule has 3 nitrogen and oxygen atoms in total. The van der Waals surface area contributed by atoms with E-state index in [1.807, 2.05) is 6.92 Å². The van der Waals surface area contributed by atoms with Crippen molar-refractivity contribution in [2.24, 2.45) is 0 Å². The van der Waals surface area contributed by atoms with E-state index in [1.165, 1.54) is 6.08 Å². The quantitative estimate of drug-likeness (QED) is 0.667. The molecule has 0 amide bonds. The normalized spacial score (nSPS) is 32.0. The van der Waals surface area contributed by atoms with Crippen LogP contribution in [0.2, 0.25) is 0 Å². The van der Waals surface area contributed by atoms with E-state index in [4.69, 9.17) is 9.84 Å². The zero-order chi connectivity index (χ0) is 9.90. The Morgan fingerprint density at radius 2 is 2.46 bits per heavy atom. The monoisotopic (exact) mass is 184 g/mol. The summed E-state index contributed by atoms with van der Waals surface area (Å²) in [5, 5.41) is 8.59. The van der Waals surface area contributed by atoms with E-state index >= 15 is 0 Å². The molecule has 1 aliphatic heterocycles. The molecule has 1 atom stereocenters. The fraction of sp³-hybridized carbons (Fsp3) is 0.700. The first-order chi connectivity index (χ1) is 6.06. The van der Waals surface area contributed by atoms with Crippen molar-refractivity contribution in [1.29, 1.82) is 0 Å². The molecule has 0 aromatic heterocycles. The summed E-state index contributed by atoms with van der Waals surface area (Å²) in [6, 6.07) is 0. The second kappa shape index (κ2) is 3.92. The molecule has 1 saturated heterocycles. The standard InChI is InChI=1S/C10H16O3/c1-3-10(2)7-8(4-5-13-10)6-9(11)12/h6H,3-5,7H2,1-2H3,(H,11,12). The molecule has 0 radical (unpaired) electrons. The van der Waals surface area contributed by atoms with E-state index < -0.39 is 5.97 Å². The first-order valence-corrected chi connectivity index (χ1v) is 4.62. The lowest BCUT2D eigenvalue weighted by Gasteiger charge is -2.34. The molecule has 0 spiro atoms. The molecular weight excluding hydrogens is 168 g/mol. The molecular formula is C10H16O3. The number of aliphatic carboxylic acids is 1. The average Bonchev–Trinajstić information content (AvgIpc) is 2.03. The minimum atomic E-state index is -0.852. The van der Waals surface area contributed by atoms with Crippen molar-refractivity contribution in [1.82, 2.24) is 0 Å². The van der Waals surface area contributed by atoms with Crippen LogP contribution in [-0.4, -0.2) is 23.3 Å². The van der Waals surface area contributed by atoms with Crippen molar-refractivity contribution >= 4 is 5.97 Å². The van der Waals surface area contributed by atoms with E-state index in [-0.39, 0.29) is 5.60 Å². The minimum Gasteiger partial charge on any atom is -0.478 e. The molecule has 0 aromatic rings. The molecule has 0 aliphatic carbocycles. The van der Waals surface area contributed by atoms with Gasteiger partial charge in [0.2, 0.25) is 0 Å². The first kappa shape index (κ1) is 10.3. The average molecular weight is 184 g/mol. The molecule has 1 N–H and O–H groups in total. The Bertz CT molecular complexity index is 232. The van der Waals surface area contributed by atoms with Crippen LogP contribution < -0.4 is 0 Å². The van der Waals surface area contributed by atoms with Gasteiger partial charge in [0.1, 0.15) is 0 Å². The Labute approximate surface area is 78.4 Å². The van der Waals surface area contributed by atoms with E-state index in [0.29, 0.717) is 6.61 Å². The predicted octanol–water partition coefficient (Wildman–Crippen LogP) is 1.98. The maximum atomic E-state index is 10.4. The molecule has 13 heavy (non-hydrogen) atoms. The number of carboxylic acid groups (broad SMARTS) is 1. The highest BCUT2D eigenvalue weighted by atomic mass is 16.5. The van der Waals surface area contributed by atoms with Gasteiger partial charge in [0.15, 0.2) is 0 Å². The third-order valence-electron chi connectivity index (χ3n) is 2.55. The van der Waals surface area contributed by atoms with E-state index in [2.05, 4.69) is 6.92 Å². The van der Waals surface area contributed by atoms with E-state index in [9.17, 15) is 4.79 Å². The molecule has 1 aliphatic rings. The summed E-state index contributed by atoms with van der Waals surface area (Å²) in [7, 11) is 0. The van der Waals surface area contributed by atoms with Crippen molar-refractivity contribution < 1.29 is 14.6 Å². The van der Waals surface area contributed by atoms with Crippen molar-refractivity contribution in [3.05, 3.63) is 11.6 Å². The smallest absolute Gasteiger partial charge is 0.328 e. The van der Waals surface area contributed by atoms with Gasteiger partial charge >= 0.3 is 5.97 Å². The molecule has 0 bridgehead atoms. The number of carboxylic acids is 1. The highest BCUT2D eigenvalue weighted by molar-refractivity contribution is 5.80. The van der Waals surface area contributed by atoms with Crippen molar-refractivity contribution in [2.75, 3.05) is 6.61 Å². The second-order valence-corrected chi connectivity index (χ2v) is 3.72. The van der Waals surface area contributed by atoms with Gasteiger partial charge in [-0.25, -0.2) is 4.79 Å². The summed E-state index contributed by atoms with van der Waals surface area (Å²) in [5.41, 5.74) is 0.836. The van der Waals surface area contributed by atoms with Gasteiger partial charge in [-0.05, 0) is 26.2 Å². The molecule has 1 rings (SSSR count). The maximum Gasteiger partial charge on any atom is 0.328 e. The van der Waals surface area contributed by atoms with Gasteiger partial charge in [-0.3, -0.25) is 0 Å². The van der Waals surface area contributed by atoms with Crippen molar-refractivity contribution in [3.63, 3.8) is 0 Å². The predicted molar refractivity (Wildman–Crippen MR) is 49.6 cm³/mol. The largest absolute Gasteiger partial charge is 0.478 e. The summed E-state index contributed by atoms with van der Waals surface area (Å²) >= 11 is 0. The fourth-order valence-corrected chi connectivity index (χ4v) is 1.57. The molecule has 0 saturated carbocycles. The lowest BCUT2D eigenvalue weighted by atomic mass is 9.89. The summed E-state index contributed by atoms with van der Waals surface area (Å²) < 4.78 is 5.59. The molecule has 74 valence electrons. The number of hydrogen-bond acceptors (Lipinski definition) is 2. The van der Waals surface area contributed by atoms with Gasteiger partial charge in [-0.1, -0.05) is 12.5 Å². The number of ether oxygens (including phenoxy) is 1. The van der Waals surface area contributed by atoms with Gasteiger partial charge in [0, 0.05) is 6.08 Å². The van der Waals surface area contributed by atoms with Crippen molar-refractivity contribution in [3.8, 4) is 0 Å².